The molecule has 0 saturated carbocycles. The first kappa shape index (κ1) is 15.8. The second kappa shape index (κ2) is 7.02. The van der Waals surface area contributed by atoms with Crippen molar-refractivity contribution < 1.29 is 9.18 Å². The van der Waals surface area contributed by atoms with E-state index >= 15 is 0 Å². The van der Waals surface area contributed by atoms with Crippen molar-refractivity contribution in [1.29, 1.82) is 0 Å². The van der Waals surface area contributed by atoms with Gasteiger partial charge in [-0.1, -0.05) is 24.3 Å². The molecule has 0 spiro atoms. The molecule has 118 valence electrons. The van der Waals surface area contributed by atoms with Crippen LogP contribution in [0.25, 0.3) is 9.88 Å². The molecule has 3 aromatic rings. The summed E-state index contributed by atoms with van der Waals surface area (Å²) in [4.78, 5) is 18.7. The zero-order chi connectivity index (χ0) is 16.2. The molecular formula is C17H15FN2OS2. The average molecular weight is 346 g/mol. The largest absolute Gasteiger partial charge is 0.351 e. The molecule has 0 radical (unpaired) electrons. The molecule has 0 unspecified atom stereocenters. The Morgan fingerprint density at radius 3 is 2.83 bits per heavy atom. The van der Waals surface area contributed by atoms with Gasteiger partial charge in [-0.3, -0.25) is 4.79 Å². The fourth-order valence-electron chi connectivity index (χ4n) is 2.15. The number of hydrogen-bond donors (Lipinski definition) is 1. The Morgan fingerprint density at radius 1 is 1.26 bits per heavy atom. The molecule has 0 bridgehead atoms. The number of halogens is 1. The Bertz CT molecular complexity index is 812. The maximum atomic E-state index is 13.6. The number of aryl methyl sites for hydroxylation is 1. The lowest BCUT2D eigenvalue weighted by molar-refractivity contribution is -0.120. The Kier molecular flexibility index (Phi) is 4.83. The van der Waals surface area contributed by atoms with E-state index in [0.29, 0.717) is 12.1 Å². The van der Waals surface area contributed by atoms with Gasteiger partial charge in [-0.25, -0.2) is 9.37 Å². The third kappa shape index (κ3) is 3.83. The summed E-state index contributed by atoms with van der Waals surface area (Å²) in [5, 5.41) is 5.83. The highest BCUT2D eigenvalue weighted by molar-refractivity contribution is 7.21. The molecular weight excluding hydrogens is 331 g/mol. The summed E-state index contributed by atoms with van der Waals surface area (Å²) in [6.07, 6.45) is 0.0440. The first-order chi connectivity index (χ1) is 11.1. The number of aromatic nitrogens is 1. The van der Waals surface area contributed by atoms with Crippen molar-refractivity contribution in [2.24, 2.45) is 0 Å². The summed E-state index contributed by atoms with van der Waals surface area (Å²) in [6.45, 7) is 2.36. The van der Waals surface area contributed by atoms with Crippen molar-refractivity contribution in [3.05, 3.63) is 63.7 Å². The maximum absolute atomic E-state index is 13.6. The minimum atomic E-state index is -0.350. The molecule has 0 aliphatic carbocycles. The molecule has 1 N–H and O–H groups in total. The number of benzene rings is 1. The molecule has 1 aromatic carbocycles. The van der Waals surface area contributed by atoms with Gasteiger partial charge in [-0.05, 0) is 30.0 Å². The van der Waals surface area contributed by atoms with Crippen molar-refractivity contribution in [1.82, 2.24) is 10.3 Å². The van der Waals surface area contributed by atoms with Crippen LogP contribution in [-0.4, -0.2) is 10.9 Å². The van der Waals surface area contributed by atoms with Gasteiger partial charge in [0, 0.05) is 4.88 Å². The zero-order valence-electron chi connectivity index (χ0n) is 12.5. The van der Waals surface area contributed by atoms with Crippen molar-refractivity contribution in [2.75, 3.05) is 0 Å². The topological polar surface area (TPSA) is 42.0 Å². The fraction of sp³-hybridized carbons (Fsp3) is 0.176. The number of thiophene rings is 1. The third-order valence-electron chi connectivity index (χ3n) is 3.38. The summed E-state index contributed by atoms with van der Waals surface area (Å²) in [6, 6.07) is 10.4. The van der Waals surface area contributed by atoms with E-state index in [-0.39, 0.29) is 18.1 Å². The predicted molar refractivity (Wildman–Crippen MR) is 92.1 cm³/mol. The molecule has 0 fully saturated rings. The predicted octanol–water partition coefficient (Wildman–Crippen LogP) is 4.18. The van der Waals surface area contributed by atoms with Gasteiger partial charge in [0.05, 0.1) is 23.5 Å². The third-order valence-corrected chi connectivity index (χ3v) is 5.58. The quantitative estimate of drug-likeness (QED) is 0.753. The van der Waals surface area contributed by atoms with Crippen molar-refractivity contribution >= 4 is 28.6 Å². The molecule has 0 aliphatic heterocycles. The minimum Gasteiger partial charge on any atom is -0.351 e. The molecule has 0 saturated heterocycles. The first-order valence-corrected chi connectivity index (χ1v) is 8.83. The Labute approximate surface area is 141 Å². The smallest absolute Gasteiger partial charge is 0.224 e. The average Bonchev–Trinajstić information content (AvgIpc) is 3.17. The lowest BCUT2D eigenvalue weighted by atomic mass is 10.1. The summed E-state index contributed by atoms with van der Waals surface area (Å²) in [7, 11) is 0. The second-order valence-corrected chi connectivity index (χ2v) is 7.08. The van der Waals surface area contributed by atoms with Crippen LogP contribution in [0.1, 0.15) is 16.1 Å². The maximum Gasteiger partial charge on any atom is 0.224 e. The van der Waals surface area contributed by atoms with Gasteiger partial charge < -0.3 is 5.32 Å². The van der Waals surface area contributed by atoms with Crippen LogP contribution in [0.4, 0.5) is 4.39 Å². The SMILES string of the molecule is Cc1nc(-c2cccs2)sc1CNC(=O)Cc1ccccc1F. The van der Waals surface area contributed by atoms with E-state index in [1.165, 1.54) is 6.07 Å². The van der Waals surface area contributed by atoms with Gasteiger partial charge in [0.15, 0.2) is 0 Å². The van der Waals surface area contributed by atoms with Crippen molar-refractivity contribution in [3.63, 3.8) is 0 Å². The van der Waals surface area contributed by atoms with Gasteiger partial charge in [0.2, 0.25) is 5.91 Å². The van der Waals surface area contributed by atoms with E-state index in [1.807, 2.05) is 24.4 Å². The van der Waals surface area contributed by atoms with Crippen LogP contribution in [0.3, 0.4) is 0 Å². The number of carbonyl (C=O) groups excluding carboxylic acids is 1. The monoisotopic (exact) mass is 346 g/mol. The van der Waals surface area contributed by atoms with Crippen molar-refractivity contribution in [2.45, 2.75) is 19.9 Å². The van der Waals surface area contributed by atoms with E-state index in [9.17, 15) is 9.18 Å². The first-order valence-electron chi connectivity index (χ1n) is 7.14. The number of nitrogens with zero attached hydrogens (tertiary/aromatic N) is 1. The van der Waals surface area contributed by atoms with E-state index in [4.69, 9.17) is 0 Å². The molecule has 3 nitrogen and oxygen atoms in total. The summed E-state index contributed by atoms with van der Waals surface area (Å²) in [5.74, 6) is -0.544. The van der Waals surface area contributed by atoms with Gasteiger partial charge in [0.1, 0.15) is 10.8 Å². The van der Waals surface area contributed by atoms with Crippen LogP contribution >= 0.6 is 22.7 Å². The highest BCUT2D eigenvalue weighted by Crippen LogP contribution is 2.30. The second-order valence-electron chi connectivity index (χ2n) is 5.05. The lowest BCUT2D eigenvalue weighted by Gasteiger charge is -2.05. The van der Waals surface area contributed by atoms with Crippen LogP contribution in [0.5, 0.6) is 0 Å². The van der Waals surface area contributed by atoms with Crippen LogP contribution in [-0.2, 0) is 17.8 Å². The molecule has 23 heavy (non-hydrogen) atoms. The fourth-order valence-corrected chi connectivity index (χ4v) is 3.95. The van der Waals surface area contributed by atoms with Gasteiger partial charge in [-0.15, -0.1) is 22.7 Å². The standard InChI is InChI=1S/C17H15FN2OS2/c1-11-15(23-17(20-11)14-7-4-8-22-14)10-19-16(21)9-12-5-2-3-6-13(12)18/h2-8H,9-10H2,1H3,(H,19,21). The zero-order valence-corrected chi connectivity index (χ0v) is 14.1. The Morgan fingerprint density at radius 2 is 2.09 bits per heavy atom. The van der Waals surface area contributed by atoms with Gasteiger partial charge >= 0.3 is 0 Å². The number of thiazole rings is 1. The van der Waals surface area contributed by atoms with Crippen LogP contribution in [0, 0.1) is 12.7 Å². The van der Waals surface area contributed by atoms with E-state index in [2.05, 4.69) is 10.3 Å². The molecule has 1 amide bonds. The van der Waals surface area contributed by atoms with Gasteiger partial charge in [-0.2, -0.15) is 0 Å². The number of nitrogens with one attached hydrogen (secondary N) is 1. The van der Waals surface area contributed by atoms with E-state index < -0.39 is 0 Å². The number of carbonyl (C=O) groups is 1. The summed E-state index contributed by atoms with van der Waals surface area (Å²) >= 11 is 3.22. The summed E-state index contributed by atoms with van der Waals surface area (Å²) < 4.78 is 13.6. The molecule has 2 heterocycles. The van der Waals surface area contributed by atoms with E-state index in [1.54, 1.807) is 40.9 Å². The van der Waals surface area contributed by atoms with Crippen LogP contribution in [0.2, 0.25) is 0 Å². The highest BCUT2D eigenvalue weighted by atomic mass is 32.1. The molecule has 2 aromatic heterocycles. The molecule has 0 aliphatic rings. The Balaban J connectivity index is 1.62. The Hall–Kier alpha value is -2.05. The van der Waals surface area contributed by atoms with Gasteiger partial charge in [0.25, 0.3) is 0 Å². The lowest BCUT2D eigenvalue weighted by Crippen LogP contribution is -2.24. The number of rotatable bonds is 5. The van der Waals surface area contributed by atoms with Crippen LogP contribution < -0.4 is 5.32 Å². The highest BCUT2D eigenvalue weighted by Gasteiger charge is 2.12. The molecule has 6 heteroatoms. The van der Waals surface area contributed by atoms with Crippen molar-refractivity contribution in [3.8, 4) is 9.88 Å². The molecule has 3 rings (SSSR count). The minimum absolute atomic E-state index is 0.0440. The number of amides is 1. The summed E-state index contributed by atoms with van der Waals surface area (Å²) in [5.41, 5.74) is 1.33. The van der Waals surface area contributed by atoms with Crippen LogP contribution in [0.15, 0.2) is 41.8 Å². The molecule has 0 atom stereocenters. The normalized spacial score (nSPS) is 10.7. The number of hydrogen-bond acceptors (Lipinski definition) is 4. The van der Waals surface area contributed by atoms with E-state index in [0.717, 1.165) is 20.5 Å².